The number of hydrogen-bond donors (Lipinski definition) is 3. The van der Waals surface area contributed by atoms with Gasteiger partial charge in [0.15, 0.2) is 6.04 Å². The van der Waals surface area contributed by atoms with Crippen LogP contribution >= 0.6 is 8.69 Å². The number of carbonyl (C=O) groups excluding carboxylic acids is 5. The highest BCUT2D eigenvalue weighted by Gasteiger charge is 2.35. The van der Waals surface area contributed by atoms with Gasteiger partial charge in [-0.25, -0.2) is 14.2 Å². The lowest BCUT2D eigenvalue weighted by atomic mass is 10.0. The van der Waals surface area contributed by atoms with Crippen LogP contribution in [0.5, 0.6) is 0 Å². The molecular weight excluding hydrogens is 605 g/mol. The summed E-state index contributed by atoms with van der Waals surface area (Å²) < 4.78 is 30.0. The number of nitrogens with one attached hydrogen (secondary N) is 3. The summed E-state index contributed by atoms with van der Waals surface area (Å²) in [4.78, 5) is 64.1. The van der Waals surface area contributed by atoms with Crippen LogP contribution in [-0.4, -0.2) is 60.9 Å². The fraction of sp³-hybridized carbons (Fsp3) is 0.452. The van der Waals surface area contributed by atoms with Crippen molar-refractivity contribution in [2.75, 3.05) is 6.79 Å². The Hall–Kier alpha value is -4.35. The molecule has 0 aromatic heterocycles. The molecule has 45 heavy (non-hydrogen) atoms. The van der Waals surface area contributed by atoms with Crippen LogP contribution in [-0.2, 0) is 55.5 Å². The number of ether oxygens (including phenoxy) is 3. The quantitative estimate of drug-likeness (QED) is 0.0940. The molecule has 0 saturated heterocycles. The zero-order valence-corrected chi connectivity index (χ0v) is 26.6. The lowest BCUT2D eigenvalue weighted by Gasteiger charge is -2.28. The highest BCUT2D eigenvalue weighted by atomic mass is 31.1. The molecular formula is C31H40N3O10P. The molecule has 0 fully saturated rings. The van der Waals surface area contributed by atoms with E-state index in [2.05, 4.69) is 25.2 Å². The average molecular weight is 646 g/mol. The first-order valence-corrected chi connectivity index (χ1v) is 15.1. The molecule has 2 rings (SSSR count). The molecule has 3 N–H and O–H groups in total. The van der Waals surface area contributed by atoms with Crippen molar-refractivity contribution < 1.29 is 47.3 Å². The first-order chi connectivity index (χ1) is 21.5. The van der Waals surface area contributed by atoms with Gasteiger partial charge in [-0.3, -0.25) is 18.9 Å². The molecule has 14 heteroatoms. The summed E-state index contributed by atoms with van der Waals surface area (Å²) in [6.45, 7) is 5.55. The molecule has 0 aliphatic heterocycles. The van der Waals surface area contributed by atoms with Crippen LogP contribution in [0.4, 0.5) is 4.79 Å². The van der Waals surface area contributed by atoms with E-state index in [1.165, 1.54) is 13.8 Å². The number of carbonyl (C=O) groups is 5. The molecule has 2 aromatic rings. The molecule has 4 atom stereocenters. The summed E-state index contributed by atoms with van der Waals surface area (Å²) in [5.41, 5.74) is 1.66. The summed E-state index contributed by atoms with van der Waals surface area (Å²) in [5, 5.41) is 7.89. The Bertz CT molecular complexity index is 1260. The van der Waals surface area contributed by atoms with Crippen LogP contribution in [0.15, 0.2) is 60.7 Å². The Kier molecular flexibility index (Phi) is 16.2. The van der Waals surface area contributed by atoms with Gasteiger partial charge in [-0.15, -0.1) is 0 Å². The van der Waals surface area contributed by atoms with Gasteiger partial charge < -0.3 is 30.2 Å². The van der Waals surface area contributed by atoms with Crippen molar-refractivity contribution in [2.24, 2.45) is 5.92 Å². The van der Waals surface area contributed by atoms with Gasteiger partial charge >= 0.3 is 20.8 Å². The minimum atomic E-state index is -1.50. The van der Waals surface area contributed by atoms with E-state index < -0.39 is 69.6 Å². The molecule has 0 radical (unpaired) electrons. The van der Waals surface area contributed by atoms with E-state index in [1.54, 1.807) is 30.3 Å². The summed E-state index contributed by atoms with van der Waals surface area (Å²) in [6, 6.07) is 14.7. The van der Waals surface area contributed by atoms with E-state index in [1.807, 2.05) is 44.2 Å². The minimum absolute atomic E-state index is 0.0583. The third kappa shape index (κ3) is 14.3. The SMILES string of the molecule is CC(=O)N[C@@H](CCc1ccccc1)C(=O)N[C@@H](CC(C)C)C(=O)N[C@H](C(=O)OCc1ccccc1)[C@@H](C)OC(=O)OCOP=O. The number of benzene rings is 2. The highest BCUT2D eigenvalue weighted by molar-refractivity contribution is 7.17. The molecule has 0 unspecified atom stereocenters. The Morgan fingerprint density at radius 1 is 0.778 bits per heavy atom. The maximum Gasteiger partial charge on any atom is 0.510 e. The van der Waals surface area contributed by atoms with Crippen molar-refractivity contribution in [3.63, 3.8) is 0 Å². The van der Waals surface area contributed by atoms with Crippen molar-refractivity contribution in [3.8, 4) is 0 Å². The summed E-state index contributed by atoms with van der Waals surface area (Å²) in [6.07, 6.45) is -1.56. The van der Waals surface area contributed by atoms with Crippen LogP contribution in [0, 0.1) is 5.92 Å². The van der Waals surface area contributed by atoms with Gasteiger partial charge in [-0.1, -0.05) is 74.5 Å². The molecule has 0 bridgehead atoms. The smallest absolute Gasteiger partial charge is 0.459 e. The average Bonchev–Trinajstić information content (AvgIpc) is 3.00. The van der Waals surface area contributed by atoms with E-state index in [0.717, 1.165) is 5.56 Å². The Balaban J connectivity index is 2.21. The van der Waals surface area contributed by atoms with Crippen molar-refractivity contribution in [1.82, 2.24) is 16.0 Å². The first-order valence-electron chi connectivity index (χ1n) is 14.4. The van der Waals surface area contributed by atoms with E-state index in [9.17, 15) is 28.5 Å². The van der Waals surface area contributed by atoms with Crippen molar-refractivity contribution in [3.05, 3.63) is 71.8 Å². The van der Waals surface area contributed by atoms with Crippen LogP contribution in [0.25, 0.3) is 0 Å². The summed E-state index contributed by atoms with van der Waals surface area (Å²) in [5.74, 6) is -2.68. The molecule has 3 amide bonds. The lowest BCUT2D eigenvalue weighted by Crippen LogP contribution is -2.58. The number of hydrogen-bond acceptors (Lipinski definition) is 10. The second-order valence-corrected chi connectivity index (χ2v) is 11.0. The standard InChI is InChI=1S/C31H40N3O10P/c1-20(2)17-26(33-28(36)25(32-22(4)35)16-15-23-11-7-5-8-12-23)29(37)34-27(21(3)44-31(39)42-19-43-45-40)30(38)41-18-24-13-9-6-10-14-24/h5-14,20-21,25-27H,15-19H2,1-4H3,(H,32,35)(H,33,36)(H,34,37)/t21-,25+,26+,27+/m1/s1. The molecule has 2 aromatic carbocycles. The molecule has 0 heterocycles. The van der Waals surface area contributed by atoms with Crippen LogP contribution in [0.2, 0.25) is 0 Å². The fourth-order valence-corrected chi connectivity index (χ4v) is 4.33. The Morgan fingerprint density at radius 3 is 1.96 bits per heavy atom. The predicted octanol–water partition coefficient (Wildman–Crippen LogP) is 3.61. The van der Waals surface area contributed by atoms with Gasteiger partial charge in [0.1, 0.15) is 24.8 Å². The molecule has 0 saturated carbocycles. The normalized spacial score (nSPS) is 13.5. The molecule has 13 nitrogen and oxygen atoms in total. The number of amides is 3. The van der Waals surface area contributed by atoms with Crippen molar-refractivity contribution >= 4 is 38.5 Å². The van der Waals surface area contributed by atoms with Gasteiger partial charge in [0, 0.05) is 6.92 Å². The summed E-state index contributed by atoms with van der Waals surface area (Å²) in [7, 11) is -0.715. The highest BCUT2D eigenvalue weighted by Crippen LogP contribution is 2.12. The van der Waals surface area contributed by atoms with Crippen LogP contribution < -0.4 is 16.0 Å². The van der Waals surface area contributed by atoms with Gasteiger partial charge in [-0.05, 0) is 43.2 Å². The minimum Gasteiger partial charge on any atom is -0.459 e. The van der Waals surface area contributed by atoms with Crippen LogP contribution in [0.3, 0.4) is 0 Å². The monoisotopic (exact) mass is 645 g/mol. The molecule has 0 aliphatic rings. The van der Waals surface area contributed by atoms with E-state index in [4.69, 9.17) is 9.47 Å². The third-order valence-electron chi connectivity index (χ3n) is 6.41. The number of aryl methyl sites for hydroxylation is 1. The topological polar surface area (TPSA) is 175 Å². The zero-order chi connectivity index (χ0) is 33.2. The Labute approximate surface area is 264 Å². The van der Waals surface area contributed by atoms with Gasteiger partial charge in [0.2, 0.25) is 24.5 Å². The van der Waals surface area contributed by atoms with Gasteiger partial charge in [0.05, 0.1) is 0 Å². The van der Waals surface area contributed by atoms with Crippen LogP contribution in [0.1, 0.15) is 51.7 Å². The largest absolute Gasteiger partial charge is 0.510 e. The van der Waals surface area contributed by atoms with E-state index in [0.29, 0.717) is 12.0 Å². The van der Waals surface area contributed by atoms with Gasteiger partial charge in [-0.2, -0.15) is 0 Å². The predicted molar refractivity (Wildman–Crippen MR) is 163 cm³/mol. The van der Waals surface area contributed by atoms with E-state index >= 15 is 0 Å². The third-order valence-corrected chi connectivity index (χ3v) is 6.62. The first kappa shape index (κ1) is 36.8. The number of rotatable bonds is 18. The van der Waals surface area contributed by atoms with Crippen molar-refractivity contribution in [2.45, 2.75) is 77.8 Å². The van der Waals surface area contributed by atoms with Crippen molar-refractivity contribution in [1.29, 1.82) is 0 Å². The maximum absolute atomic E-state index is 13.6. The Morgan fingerprint density at radius 2 is 1.38 bits per heavy atom. The molecule has 244 valence electrons. The second kappa shape index (κ2) is 19.8. The van der Waals surface area contributed by atoms with Gasteiger partial charge in [0.25, 0.3) is 0 Å². The van der Waals surface area contributed by atoms with E-state index in [-0.39, 0.29) is 25.4 Å². The lowest BCUT2D eigenvalue weighted by molar-refractivity contribution is -0.153. The maximum atomic E-state index is 13.6. The zero-order valence-electron chi connectivity index (χ0n) is 25.7. The molecule has 0 spiro atoms. The fourth-order valence-electron chi connectivity index (χ4n) is 4.24. The number of esters is 1. The summed E-state index contributed by atoms with van der Waals surface area (Å²) >= 11 is 0. The molecule has 0 aliphatic carbocycles. The second-order valence-electron chi connectivity index (χ2n) is 10.6.